The van der Waals surface area contributed by atoms with Crippen LogP contribution in [0.25, 0.3) is 0 Å². The van der Waals surface area contributed by atoms with Crippen LogP contribution in [0.2, 0.25) is 5.02 Å². The molecule has 0 atom stereocenters. The molecule has 0 aliphatic rings. The van der Waals surface area contributed by atoms with Gasteiger partial charge in [0.2, 0.25) is 0 Å². The SMILES string of the molecule is CCNc1ccc(Cl)c(CN(C)Cc2cccnc2)n1. The van der Waals surface area contributed by atoms with Crippen molar-refractivity contribution in [1.29, 1.82) is 0 Å². The lowest BCUT2D eigenvalue weighted by Gasteiger charge is -2.17. The van der Waals surface area contributed by atoms with Crippen LogP contribution < -0.4 is 5.32 Å². The maximum Gasteiger partial charge on any atom is 0.126 e. The molecule has 2 rings (SSSR count). The Labute approximate surface area is 124 Å². The molecule has 0 aliphatic carbocycles. The predicted octanol–water partition coefficient (Wildman–Crippen LogP) is 3.19. The smallest absolute Gasteiger partial charge is 0.126 e. The summed E-state index contributed by atoms with van der Waals surface area (Å²) < 4.78 is 0. The molecule has 106 valence electrons. The monoisotopic (exact) mass is 290 g/mol. The minimum Gasteiger partial charge on any atom is -0.370 e. The molecule has 20 heavy (non-hydrogen) atoms. The molecule has 0 bridgehead atoms. The molecule has 0 aromatic carbocycles. The van der Waals surface area contributed by atoms with Gasteiger partial charge in [-0.25, -0.2) is 4.98 Å². The first-order valence-electron chi connectivity index (χ1n) is 6.65. The summed E-state index contributed by atoms with van der Waals surface area (Å²) in [5, 5.41) is 3.90. The number of nitrogens with zero attached hydrogens (tertiary/aromatic N) is 3. The number of halogens is 1. The zero-order valence-corrected chi connectivity index (χ0v) is 12.6. The van der Waals surface area contributed by atoms with E-state index in [2.05, 4.69) is 26.3 Å². The normalized spacial score (nSPS) is 10.8. The molecular formula is C15H19ClN4. The molecule has 4 nitrogen and oxygen atoms in total. The third-order valence-corrected chi connectivity index (χ3v) is 3.22. The van der Waals surface area contributed by atoms with Crippen LogP contribution >= 0.6 is 11.6 Å². The average Bonchev–Trinajstić information content (AvgIpc) is 2.44. The number of hydrogen-bond donors (Lipinski definition) is 1. The summed E-state index contributed by atoms with van der Waals surface area (Å²) in [4.78, 5) is 10.8. The van der Waals surface area contributed by atoms with Crippen molar-refractivity contribution < 1.29 is 0 Å². The van der Waals surface area contributed by atoms with Crippen LogP contribution in [0.1, 0.15) is 18.2 Å². The van der Waals surface area contributed by atoms with Gasteiger partial charge in [-0.15, -0.1) is 0 Å². The predicted molar refractivity (Wildman–Crippen MR) is 82.8 cm³/mol. The Balaban J connectivity index is 2.03. The zero-order valence-electron chi connectivity index (χ0n) is 11.8. The number of aromatic nitrogens is 2. The molecular weight excluding hydrogens is 272 g/mol. The Bertz CT molecular complexity index is 545. The van der Waals surface area contributed by atoms with Gasteiger partial charge in [-0.3, -0.25) is 9.88 Å². The highest BCUT2D eigenvalue weighted by Gasteiger charge is 2.08. The number of anilines is 1. The topological polar surface area (TPSA) is 41.0 Å². The van der Waals surface area contributed by atoms with E-state index in [0.29, 0.717) is 11.6 Å². The highest BCUT2D eigenvalue weighted by Crippen LogP contribution is 2.18. The molecule has 0 unspecified atom stereocenters. The summed E-state index contributed by atoms with van der Waals surface area (Å²) in [5.74, 6) is 0.863. The van der Waals surface area contributed by atoms with Crippen molar-refractivity contribution in [3.8, 4) is 0 Å². The summed E-state index contributed by atoms with van der Waals surface area (Å²) in [7, 11) is 2.05. The number of pyridine rings is 2. The summed E-state index contributed by atoms with van der Waals surface area (Å²) in [6.45, 7) is 4.41. The van der Waals surface area contributed by atoms with Crippen LogP contribution in [0, 0.1) is 0 Å². The van der Waals surface area contributed by atoms with Gasteiger partial charge in [-0.05, 0) is 37.7 Å². The second-order valence-electron chi connectivity index (χ2n) is 4.69. The second kappa shape index (κ2) is 7.22. The van der Waals surface area contributed by atoms with Crippen molar-refractivity contribution in [3.05, 3.63) is 52.9 Å². The van der Waals surface area contributed by atoms with E-state index in [0.717, 1.165) is 24.6 Å². The standard InChI is InChI=1S/C15H19ClN4/c1-3-18-15-7-6-13(16)14(19-15)11-20(2)10-12-5-4-8-17-9-12/h4-9H,3,10-11H2,1-2H3,(H,18,19). The Hall–Kier alpha value is -1.65. The summed E-state index contributed by atoms with van der Waals surface area (Å²) in [5.41, 5.74) is 2.06. The minimum atomic E-state index is 0.699. The highest BCUT2D eigenvalue weighted by molar-refractivity contribution is 6.31. The van der Waals surface area contributed by atoms with Crippen LogP contribution in [0.5, 0.6) is 0 Å². The average molecular weight is 291 g/mol. The van der Waals surface area contributed by atoms with E-state index in [-0.39, 0.29) is 0 Å². The van der Waals surface area contributed by atoms with Gasteiger partial charge in [-0.1, -0.05) is 17.7 Å². The van der Waals surface area contributed by atoms with Crippen molar-refractivity contribution in [3.63, 3.8) is 0 Å². The third kappa shape index (κ3) is 4.18. The lowest BCUT2D eigenvalue weighted by Crippen LogP contribution is -2.18. The van der Waals surface area contributed by atoms with Gasteiger partial charge in [0, 0.05) is 32.0 Å². The fourth-order valence-corrected chi connectivity index (χ4v) is 2.15. The third-order valence-electron chi connectivity index (χ3n) is 2.87. The molecule has 0 saturated heterocycles. The molecule has 0 aliphatic heterocycles. The van der Waals surface area contributed by atoms with Gasteiger partial charge < -0.3 is 5.32 Å². The van der Waals surface area contributed by atoms with Crippen LogP contribution in [0.3, 0.4) is 0 Å². The van der Waals surface area contributed by atoms with Gasteiger partial charge in [0.25, 0.3) is 0 Å². The Morgan fingerprint density at radius 3 is 2.80 bits per heavy atom. The van der Waals surface area contributed by atoms with Crippen LogP contribution in [-0.2, 0) is 13.1 Å². The lowest BCUT2D eigenvalue weighted by atomic mass is 10.2. The van der Waals surface area contributed by atoms with Crippen molar-refractivity contribution in [2.45, 2.75) is 20.0 Å². The van der Waals surface area contributed by atoms with E-state index in [1.165, 1.54) is 5.56 Å². The summed E-state index contributed by atoms with van der Waals surface area (Å²) >= 11 is 6.21. The first-order chi connectivity index (χ1) is 9.69. The minimum absolute atomic E-state index is 0.699. The van der Waals surface area contributed by atoms with Gasteiger partial charge in [0.1, 0.15) is 5.82 Å². The first kappa shape index (κ1) is 14.8. The molecule has 2 aromatic heterocycles. The van der Waals surface area contributed by atoms with Crippen LogP contribution in [0.4, 0.5) is 5.82 Å². The fraction of sp³-hybridized carbons (Fsp3) is 0.333. The van der Waals surface area contributed by atoms with Gasteiger partial charge >= 0.3 is 0 Å². The fourth-order valence-electron chi connectivity index (χ4n) is 1.99. The van der Waals surface area contributed by atoms with E-state index < -0.39 is 0 Å². The van der Waals surface area contributed by atoms with Crippen molar-refractivity contribution in [2.75, 3.05) is 18.9 Å². The number of hydrogen-bond acceptors (Lipinski definition) is 4. The number of rotatable bonds is 6. The first-order valence-corrected chi connectivity index (χ1v) is 7.03. The molecule has 2 heterocycles. The van der Waals surface area contributed by atoms with Crippen LogP contribution in [-0.4, -0.2) is 28.5 Å². The maximum absolute atomic E-state index is 6.21. The van der Waals surface area contributed by atoms with Gasteiger partial charge in [0.15, 0.2) is 0 Å². The molecule has 2 aromatic rings. The molecule has 0 amide bonds. The van der Waals surface area contributed by atoms with E-state index in [9.17, 15) is 0 Å². The van der Waals surface area contributed by atoms with Crippen molar-refractivity contribution in [1.82, 2.24) is 14.9 Å². The quantitative estimate of drug-likeness (QED) is 0.887. The summed E-state index contributed by atoms with van der Waals surface area (Å²) in [6.07, 6.45) is 3.66. The highest BCUT2D eigenvalue weighted by atomic mass is 35.5. The van der Waals surface area contributed by atoms with Gasteiger partial charge in [-0.2, -0.15) is 0 Å². The molecule has 0 radical (unpaired) electrons. The van der Waals surface area contributed by atoms with E-state index in [1.807, 2.05) is 38.4 Å². The van der Waals surface area contributed by atoms with Crippen molar-refractivity contribution in [2.24, 2.45) is 0 Å². The Morgan fingerprint density at radius 1 is 1.25 bits per heavy atom. The second-order valence-corrected chi connectivity index (χ2v) is 5.10. The molecule has 0 spiro atoms. The Morgan fingerprint density at radius 2 is 2.10 bits per heavy atom. The van der Waals surface area contributed by atoms with E-state index in [1.54, 1.807) is 6.20 Å². The largest absolute Gasteiger partial charge is 0.370 e. The van der Waals surface area contributed by atoms with Gasteiger partial charge in [0.05, 0.1) is 10.7 Å². The van der Waals surface area contributed by atoms with Crippen LogP contribution in [0.15, 0.2) is 36.7 Å². The maximum atomic E-state index is 6.21. The van der Waals surface area contributed by atoms with E-state index in [4.69, 9.17) is 11.6 Å². The summed E-state index contributed by atoms with van der Waals surface area (Å²) in [6, 6.07) is 7.80. The molecule has 5 heteroatoms. The number of nitrogens with one attached hydrogen (secondary N) is 1. The molecule has 1 N–H and O–H groups in total. The Kier molecular flexibility index (Phi) is 5.32. The lowest BCUT2D eigenvalue weighted by molar-refractivity contribution is 0.315. The zero-order chi connectivity index (χ0) is 14.4. The van der Waals surface area contributed by atoms with E-state index >= 15 is 0 Å². The van der Waals surface area contributed by atoms with Crippen molar-refractivity contribution >= 4 is 17.4 Å². The molecule has 0 fully saturated rings. The molecule has 0 saturated carbocycles.